The van der Waals surface area contributed by atoms with Gasteiger partial charge in [-0.2, -0.15) is 0 Å². The van der Waals surface area contributed by atoms with Crippen molar-refractivity contribution >= 4 is 38.9 Å². The van der Waals surface area contributed by atoms with Crippen molar-refractivity contribution in [1.82, 2.24) is 0 Å². The Morgan fingerprint density at radius 2 is 2.21 bits per heavy atom. The van der Waals surface area contributed by atoms with Gasteiger partial charge in [0, 0.05) is 15.8 Å². The summed E-state index contributed by atoms with van der Waals surface area (Å²) in [6.45, 7) is 0. The molecule has 0 unspecified atom stereocenters. The second kappa shape index (κ2) is 3.71. The molecule has 0 aliphatic rings. The lowest BCUT2D eigenvalue weighted by atomic mass is 10.2. The Kier molecular flexibility index (Phi) is 2.56. The van der Waals surface area contributed by atoms with Crippen molar-refractivity contribution in [2.75, 3.05) is 19.1 Å². The lowest BCUT2D eigenvalue weighted by Crippen LogP contribution is -1.83. The fourth-order valence-corrected chi connectivity index (χ4v) is 3.33. The van der Waals surface area contributed by atoms with E-state index >= 15 is 0 Å². The van der Waals surface area contributed by atoms with Gasteiger partial charge in [-0.3, -0.25) is 0 Å². The highest BCUT2D eigenvalue weighted by molar-refractivity contribution is 8.00. The van der Waals surface area contributed by atoms with E-state index in [-0.39, 0.29) is 0 Å². The maximum Gasteiger partial charge on any atom is 0.151 e. The van der Waals surface area contributed by atoms with Crippen LogP contribution in [-0.4, -0.2) is 13.4 Å². The highest BCUT2D eigenvalue weighted by Gasteiger charge is 2.11. The largest absolute Gasteiger partial charge is 0.494 e. The maximum atomic E-state index is 5.73. The van der Waals surface area contributed by atoms with Crippen LogP contribution in [0.5, 0.6) is 5.75 Å². The van der Waals surface area contributed by atoms with Crippen molar-refractivity contribution in [2.24, 2.45) is 0 Å². The fourth-order valence-electron chi connectivity index (χ4n) is 1.39. The van der Waals surface area contributed by atoms with Crippen molar-refractivity contribution in [2.45, 2.75) is 4.21 Å². The van der Waals surface area contributed by atoms with Crippen LogP contribution in [0.4, 0.5) is 5.69 Å². The molecule has 0 radical (unpaired) electrons. The molecule has 2 aromatic rings. The molecule has 0 bridgehead atoms. The van der Waals surface area contributed by atoms with Crippen molar-refractivity contribution in [3.05, 3.63) is 18.2 Å². The van der Waals surface area contributed by atoms with Crippen LogP contribution >= 0.6 is 23.1 Å². The highest BCUT2D eigenvalue weighted by Crippen LogP contribution is 2.43. The number of methoxy groups -OCH3 is 1. The number of nitrogen functional groups attached to an aromatic ring is 1. The van der Waals surface area contributed by atoms with Crippen molar-refractivity contribution in [1.29, 1.82) is 0 Å². The fraction of sp³-hybridized carbons (Fsp3) is 0.200. The zero-order valence-corrected chi connectivity index (χ0v) is 9.67. The van der Waals surface area contributed by atoms with E-state index in [2.05, 4.69) is 6.26 Å². The molecule has 0 aliphatic heterocycles. The van der Waals surface area contributed by atoms with Crippen LogP contribution in [0, 0.1) is 0 Å². The number of ether oxygens (including phenoxy) is 1. The third kappa shape index (κ3) is 1.44. The Morgan fingerprint density at radius 3 is 2.86 bits per heavy atom. The van der Waals surface area contributed by atoms with Crippen LogP contribution in [0.1, 0.15) is 0 Å². The summed E-state index contributed by atoms with van der Waals surface area (Å²) in [5.41, 5.74) is 6.53. The summed E-state index contributed by atoms with van der Waals surface area (Å²) < 4.78 is 7.77. The SMILES string of the molecule is COc1c(SC)sc2cc(N)ccc12. The number of thiophene rings is 1. The van der Waals surface area contributed by atoms with Gasteiger partial charge in [0.15, 0.2) is 5.75 Å². The Morgan fingerprint density at radius 1 is 1.43 bits per heavy atom. The van der Waals surface area contributed by atoms with Crippen LogP contribution in [0.15, 0.2) is 22.4 Å². The predicted octanol–water partition coefficient (Wildman–Crippen LogP) is 3.21. The van der Waals surface area contributed by atoms with Gasteiger partial charge >= 0.3 is 0 Å². The van der Waals surface area contributed by atoms with Crippen molar-refractivity contribution < 1.29 is 4.74 Å². The van der Waals surface area contributed by atoms with Crippen LogP contribution < -0.4 is 10.5 Å². The normalized spacial score (nSPS) is 10.7. The Balaban J connectivity index is 2.73. The second-order valence-electron chi connectivity index (χ2n) is 2.88. The van der Waals surface area contributed by atoms with E-state index < -0.39 is 0 Å². The molecule has 2 nitrogen and oxygen atoms in total. The monoisotopic (exact) mass is 225 g/mol. The standard InChI is InChI=1S/C10H11NOS2/c1-12-9-7-4-3-6(11)5-8(7)14-10(9)13-2/h3-5H,11H2,1-2H3. The lowest BCUT2D eigenvalue weighted by Gasteiger charge is -1.99. The first-order valence-corrected chi connectivity index (χ1v) is 6.20. The lowest BCUT2D eigenvalue weighted by molar-refractivity contribution is 0.413. The number of hydrogen-bond acceptors (Lipinski definition) is 4. The summed E-state index contributed by atoms with van der Waals surface area (Å²) in [6.07, 6.45) is 2.05. The molecule has 1 aromatic heterocycles. The molecule has 2 rings (SSSR count). The number of fused-ring (bicyclic) bond motifs is 1. The topological polar surface area (TPSA) is 35.2 Å². The van der Waals surface area contributed by atoms with Gasteiger partial charge in [-0.1, -0.05) is 0 Å². The highest BCUT2D eigenvalue weighted by atomic mass is 32.2. The van der Waals surface area contributed by atoms with Gasteiger partial charge in [0.2, 0.25) is 0 Å². The summed E-state index contributed by atoms with van der Waals surface area (Å²) in [5.74, 6) is 0.970. The number of anilines is 1. The maximum absolute atomic E-state index is 5.73. The number of thioether (sulfide) groups is 1. The predicted molar refractivity (Wildman–Crippen MR) is 64.6 cm³/mol. The van der Waals surface area contributed by atoms with Gasteiger partial charge in [0.1, 0.15) is 4.21 Å². The van der Waals surface area contributed by atoms with E-state index in [1.807, 2.05) is 18.2 Å². The molecule has 0 amide bonds. The molecule has 0 fully saturated rings. The number of nitrogens with two attached hydrogens (primary N) is 1. The molecule has 0 aliphatic carbocycles. The minimum atomic E-state index is 0.800. The molecule has 0 saturated carbocycles. The van der Waals surface area contributed by atoms with Crippen LogP contribution in [-0.2, 0) is 0 Å². The Hall–Kier alpha value is -0.870. The molecule has 2 N–H and O–H groups in total. The van der Waals surface area contributed by atoms with Gasteiger partial charge < -0.3 is 10.5 Å². The average Bonchev–Trinajstić information content (AvgIpc) is 2.54. The third-order valence-corrected chi connectivity index (χ3v) is 4.26. The number of benzene rings is 1. The van der Waals surface area contributed by atoms with Gasteiger partial charge in [0.05, 0.1) is 7.11 Å². The van der Waals surface area contributed by atoms with Gasteiger partial charge in [-0.15, -0.1) is 23.1 Å². The molecular formula is C10H11NOS2. The minimum Gasteiger partial charge on any atom is -0.494 e. The molecular weight excluding hydrogens is 214 g/mol. The molecule has 0 saturated heterocycles. The quantitative estimate of drug-likeness (QED) is 0.629. The van der Waals surface area contributed by atoms with Crippen LogP contribution in [0.3, 0.4) is 0 Å². The van der Waals surface area contributed by atoms with Crippen LogP contribution in [0.25, 0.3) is 10.1 Å². The summed E-state index contributed by atoms with van der Waals surface area (Å²) in [7, 11) is 1.71. The second-order valence-corrected chi connectivity index (χ2v) is 5.01. The Bertz CT molecular complexity index is 464. The van der Waals surface area contributed by atoms with Gasteiger partial charge in [0.25, 0.3) is 0 Å². The first-order chi connectivity index (χ1) is 6.76. The molecule has 74 valence electrons. The zero-order valence-electron chi connectivity index (χ0n) is 8.03. The Labute approximate surface area is 91.1 Å². The number of rotatable bonds is 2. The van der Waals surface area contributed by atoms with E-state index in [4.69, 9.17) is 10.5 Å². The van der Waals surface area contributed by atoms with E-state index in [0.717, 1.165) is 16.8 Å². The zero-order chi connectivity index (χ0) is 10.1. The summed E-state index contributed by atoms with van der Waals surface area (Å²) in [4.78, 5) is 0. The molecule has 0 atom stereocenters. The van der Waals surface area contributed by atoms with E-state index in [1.54, 1.807) is 30.2 Å². The number of hydrogen-bond donors (Lipinski definition) is 1. The first kappa shape index (κ1) is 9.68. The molecule has 4 heteroatoms. The van der Waals surface area contributed by atoms with E-state index in [1.165, 1.54) is 8.91 Å². The smallest absolute Gasteiger partial charge is 0.151 e. The van der Waals surface area contributed by atoms with Crippen LogP contribution in [0.2, 0.25) is 0 Å². The molecule has 14 heavy (non-hydrogen) atoms. The van der Waals surface area contributed by atoms with Gasteiger partial charge in [-0.05, 0) is 24.5 Å². The third-order valence-electron chi connectivity index (χ3n) is 2.03. The summed E-state index contributed by atoms with van der Waals surface area (Å²) in [5, 5.41) is 1.15. The van der Waals surface area contributed by atoms with Gasteiger partial charge in [-0.25, -0.2) is 0 Å². The molecule has 0 spiro atoms. The summed E-state index contributed by atoms with van der Waals surface area (Å²) in [6, 6.07) is 5.91. The van der Waals surface area contributed by atoms with Crippen molar-refractivity contribution in [3.63, 3.8) is 0 Å². The molecule has 1 heterocycles. The molecule has 1 aromatic carbocycles. The van der Waals surface area contributed by atoms with Crippen molar-refractivity contribution in [3.8, 4) is 5.75 Å². The first-order valence-electron chi connectivity index (χ1n) is 4.16. The van der Waals surface area contributed by atoms with E-state index in [0.29, 0.717) is 0 Å². The summed E-state index contributed by atoms with van der Waals surface area (Å²) >= 11 is 3.42. The minimum absolute atomic E-state index is 0.800. The van der Waals surface area contributed by atoms with E-state index in [9.17, 15) is 0 Å². The average molecular weight is 225 g/mol.